The maximum atomic E-state index is 10.8. The number of hydrogen-bond acceptors (Lipinski definition) is 3. The van der Waals surface area contributed by atoms with Crippen molar-refractivity contribution in [3.63, 3.8) is 0 Å². The highest BCUT2D eigenvalue weighted by Crippen LogP contribution is 2.10. The molecule has 0 unspecified atom stereocenters. The molecule has 1 rings (SSSR count). The van der Waals surface area contributed by atoms with Crippen LogP contribution in [0, 0.1) is 0 Å². The van der Waals surface area contributed by atoms with E-state index in [1.807, 2.05) is 0 Å². The summed E-state index contributed by atoms with van der Waals surface area (Å²) in [5, 5.41) is 2.52. The van der Waals surface area contributed by atoms with E-state index in [1.54, 1.807) is 30.3 Å². The zero-order chi connectivity index (χ0) is 11.1. The van der Waals surface area contributed by atoms with Crippen molar-refractivity contribution in [3.05, 3.63) is 35.9 Å². The summed E-state index contributed by atoms with van der Waals surface area (Å²) >= 11 is 0. The molecule has 1 aromatic carbocycles. The van der Waals surface area contributed by atoms with Crippen molar-refractivity contribution in [2.45, 2.75) is 0 Å². The monoisotopic (exact) mass is 205 g/mol. The smallest absolute Gasteiger partial charge is 0.411 e. The average Bonchev–Trinajstić information content (AvgIpc) is 2.28. The van der Waals surface area contributed by atoms with Gasteiger partial charge in [0.2, 0.25) is 0 Å². The number of rotatable bonds is 3. The van der Waals surface area contributed by atoms with Crippen molar-refractivity contribution >= 4 is 24.1 Å². The largest absolute Gasteiger partial charge is 0.453 e. The molecule has 15 heavy (non-hydrogen) atoms. The molecule has 1 aromatic rings. The minimum Gasteiger partial charge on any atom is -0.453 e. The third-order valence-electron chi connectivity index (χ3n) is 1.71. The molecule has 4 nitrogen and oxygen atoms in total. The second-order valence-electron chi connectivity index (χ2n) is 2.73. The second kappa shape index (κ2) is 5.59. The number of hydrogen-bond donors (Lipinski definition) is 1. The van der Waals surface area contributed by atoms with Gasteiger partial charge in [-0.1, -0.05) is 18.2 Å². The lowest BCUT2D eigenvalue weighted by molar-refractivity contribution is -0.104. The van der Waals surface area contributed by atoms with Crippen LogP contribution in [0.15, 0.2) is 30.3 Å². The first-order chi connectivity index (χ1) is 7.26. The molecule has 1 N–H and O–H groups in total. The van der Waals surface area contributed by atoms with Crippen molar-refractivity contribution in [3.8, 4) is 0 Å². The third-order valence-corrected chi connectivity index (χ3v) is 1.71. The quantitative estimate of drug-likeness (QED) is 0.607. The fourth-order valence-corrected chi connectivity index (χ4v) is 0.997. The van der Waals surface area contributed by atoms with Crippen molar-refractivity contribution in [1.29, 1.82) is 0 Å². The van der Waals surface area contributed by atoms with E-state index in [4.69, 9.17) is 0 Å². The maximum Gasteiger partial charge on any atom is 0.411 e. The molecule has 0 aliphatic carbocycles. The van der Waals surface area contributed by atoms with Crippen LogP contribution in [-0.2, 0) is 9.53 Å². The average molecular weight is 205 g/mol. The molecule has 1 amide bonds. The highest BCUT2D eigenvalue weighted by atomic mass is 16.5. The molecular formula is C11H11NO3. The Morgan fingerprint density at radius 1 is 1.33 bits per heavy atom. The molecule has 0 aliphatic heterocycles. The van der Waals surface area contributed by atoms with E-state index in [2.05, 4.69) is 10.1 Å². The molecule has 0 atom stereocenters. The first kappa shape index (κ1) is 11.0. The van der Waals surface area contributed by atoms with Crippen LogP contribution >= 0.6 is 0 Å². The molecule has 0 aromatic heterocycles. The molecule has 0 spiro atoms. The Morgan fingerprint density at radius 2 is 2.00 bits per heavy atom. The van der Waals surface area contributed by atoms with Crippen molar-refractivity contribution < 1.29 is 14.3 Å². The summed E-state index contributed by atoms with van der Waals surface area (Å²) in [6.07, 6.45) is 3.28. The van der Waals surface area contributed by atoms with Crippen molar-refractivity contribution in [1.82, 2.24) is 0 Å². The van der Waals surface area contributed by atoms with E-state index in [-0.39, 0.29) is 0 Å². The van der Waals surface area contributed by atoms with Crippen LogP contribution in [0.4, 0.5) is 10.5 Å². The van der Waals surface area contributed by atoms with Gasteiger partial charge in [0.05, 0.1) is 7.11 Å². The van der Waals surface area contributed by atoms with E-state index in [0.29, 0.717) is 12.0 Å². The Morgan fingerprint density at radius 3 is 2.53 bits per heavy atom. The summed E-state index contributed by atoms with van der Waals surface area (Å²) in [6, 6.07) is 7.01. The van der Waals surface area contributed by atoms with E-state index >= 15 is 0 Å². The van der Waals surface area contributed by atoms with Crippen molar-refractivity contribution in [2.75, 3.05) is 12.4 Å². The standard InChI is InChI=1S/C11H11NO3/c1-15-11(14)12-10-6-4-9(5-7-10)3-2-8-13/h2-8H,1H3,(H,12,14)/b3-2+. The molecule has 4 heteroatoms. The number of amides is 1. The van der Waals surface area contributed by atoms with Gasteiger partial charge in [-0.25, -0.2) is 4.79 Å². The van der Waals surface area contributed by atoms with E-state index < -0.39 is 6.09 Å². The van der Waals surface area contributed by atoms with Gasteiger partial charge in [-0.3, -0.25) is 10.1 Å². The highest BCUT2D eigenvalue weighted by molar-refractivity contribution is 5.84. The van der Waals surface area contributed by atoms with Crippen molar-refractivity contribution in [2.24, 2.45) is 0 Å². The van der Waals surface area contributed by atoms with Crippen LogP contribution in [0.25, 0.3) is 6.08 Å². The van der Waals surface area contributed by atoms with E-state index in [9.17, 15) is 9.59 Å². The topological polar surface area (TPSA) is 55.4 Å². The molecule has 0 saturated heterocycles. The van der Waals surface area contributed by atoms with Gasteiger partial charge in [-0.2, -0.15) is 0 Å². The zero-order valence-electron chi connectivity index (χ0n) is 8.27. The number of benzene rings is 1. The maximum absolute atomic E-state index is 10.8. The van der Waals surface area contributed by atoms with Crippen LogP contribution in [0.5, 0.6) is 0 Å². The lowest BCUT2D eigenvalue weighted by Gasteiger charge is -2.03. The molecular weight excluding hydrogens is 194 g/mol. The Hall–Kier alpha value is -2.10. The molecule has 0 heterocycles. The lowest BCUT2D eigenvalue weighted by atomic mass is 10.2. The van der Waals surface area contributed by atoms with Gasteiger partial charge in [0.15, 0.2) is 0 Å². The predicted octanol–water partition coefficient (Wildman–Crippen LogP) is 2.08. The second-order valence-corrected chi connectivity index (χ2v) is 2.73. The summed E-state index contributed by atoms with van der Waals surface area (Å²) in [6.45, 7) is 0. The van der Waals surface area contributed by atoms with Gasteiger partial charge in [0.25, 0.3) is 0 Å². The van der Waals surface area contributed by atoms with Crippen LogP contribution in [0.2, 0.25) is 0 Å². The SMILES string of the molecule is COC(=O)Nc1ccc(/C=C/C=O)cc1. The number of carbonyl (C=O) groups is 2. The van der Waals surface area contributed by atoms with Gasteiger partial charge in [-0.15, -0.1) is 0 Å². The number of carbonyl (C=O) groups excluding carboxylic acids is 2. The lowest BCUT2D eigenvalue weighted by Crippen LogP contribution is -2.10. The number of aldehydes is 1. The molecule has 0 aliphatic rings. The molecule has 0 bridgehead atoms. The minimum absolute atomic E-state index is 0.508. The highest BCUT2D eigenvalue weighted by Gasteiger charge is 1.98. The van der Waals surface area contributed by atoms with E-state index in [0.717, 1.165) is 5.56 Å². The van der Waals surface area contributed by atoms with Crippen LogP contribution in [-0.4, -0.2) is 19.5 Å². The molecule has 0 fully saturated rings. The minimum atomic E-state index is -0.508. The normalized spacial score (nSPS) is 9.93. The number of allylic oxidation sites excluding steroid dienone is 1. The molecule has 0 radical (unpaired) electrons. The Bertz CT molecular complexity index is 368. The third kappa shape index (κ3) is 3.64. The number of ether oxygens (including phenoxy) is 1. The fraction of sp³-hybridized carbons (Fsp3) is 0.0909. The number of nitrogens with one attached hydrogen (secondary N) is 1. The predicted molar refractivity (Wildman–Crippen MR) is 57.6 cm³/mol. The first-order valence-electron chi connectivity index (χ1n) is 4.33. The molecule has 78 valence electrons. The van der Waals surface area contributed by atoms with Gasteiger partial charge < -0.3 is 4.74 Å². The Balaban J connectivity index is 2.67. The molecule has 0 saturated carbocycles. The Labute approximate surface area is 87.6 Å². The van der Waals surface area contributed by atoms with Gasteiger partial charge in [-0.05, 0) is 23.8 Å². The summed E-state index contributed by atoms with van der Waals surface area (Å²) in [7, 11) is 1.30. The van der Waals surface area contributed by atoms with E-state index in [1.165, 1.54) is 13.2 Å². The zero-order valence-corrected chi connectivity index (χ0v) is 8.27. The van der Waals surface area contributed by atoms with Gasteiger partial charge >= 0.3 is 6.09 Å². The first-order valence-corrected chi connectivity index (χ1v) is 4.33. The summed E-state index contributed by atoms with van der Waals surface area (Å²) in [4.78, 5) is 20.9. The van der Waals surface area contributed by atoms with Gasteiger partial charge in [0, 0.05) is 5.69 Å². The van der Waals surface area contributed by atoms with Gasteiger partial charge in [0.1, 0.15) is 6.29 Å². The number of anilines is 1. The van der Waals surface area contributed by atoms with Crippen LogP contribution in [0.1, 0.15) is 5.56 Å². The summed E-state index contributed by atoms with van der Waals surface area (Å²) in [5.74, 6) is 0. The summed E-state index contributed by atoms with van der Waals surface area (Å²) < 4.78 is 4.44. The van der Waals surface area contributed by atoms with Crippen LogP contribution in [0.3, 0.4) is 0 Å². The Kier molecular flexibility index (Phi) is 4.09. The van der Waals surface area contributed by atoms with Crippen LogP contribution < -0.4 is 5.32 Å². The fourth-order valence-electron chi connectivity index (χ4n) is 0.997. The number of methoxy groups -OCH3 is 1. The summed E-state index contributed by atoms with van der Waals surface area (Å²) in [5.41, 5.74) is 1.53.